The minimum absolute atomic E-state index is 0.398. The van der Waals surface area contributed by atoms with Gasteiger partial charge in [0.05, 0.1) is 0 Å². The van der Waals surface area contributed by atoms with Crippen LogP contribution in [-0.4, -0.2) is 35.6 Å². The minimum atomic E-state index is 0.398. The van der Waals surface area contributed by atoms with Gasteiger partial charge in [-0.05, 0) is 32.6 Å². The molecule has 0 spiro atoms. The van der Waals surface area contributed by atoms with Crippen LogP contribution in [0.4, 0.5) is 0 Å². The molecular weight excluding hydrogens is 196 g/mol. The van der Waals surface area contributed by atoms with Crippen LogP contribution in [0.2, 0.25) is 0 Å². The summed E-state index contributed by atoms with van der Waals surface area (Å²) in [5.74, 6) is 0. The van der Waals surface area contributed by atoms with E-state index in [0.29, 0.717) is 5.54 Å². The highest BCUT2D eigenvalue weighted by atomic mass is 15.3. The summed E-state index contributed by atoms with van der Waals surface area (Å²) in [6.07, 6.45) is 8.31. The fourth-order valence-electron chi connectivity index (χ4n) is 3.49. The molecule has 0 amide bonds. The summed E-state index contributed by atoms with van der Waals surface area (Å²) in [6, 6.07) is 1.61. The molecule has 2 rings (SSSR count). The van der Waals surface area contributed by atoms with E-state index in [9.17, 15) is 0 Å². The standard InChI is InChI=1S/C14H28N2/c1-4-14(5-2)11-16(12(3)10-15-14)13-8-6-7-9-13/h12-13,15H,4-11H2,1-3H3. The summed E-state index contributed by atoms with van der Waals surface area (Å²) < 4.78 is 0. The van der Waals surface area contributed by atoms with Crippen molar-refractivity contribution in [3.8, 4) is 0 Å². The van der Waals surface area contributed by atoms with Crippen molar-refractivity contribution in [1.82, 2.24) is 10.2 Å². The first-order chi connectivity index (χ1) is 7.71. The van der Waals surface area contributed by atoms with E-state index in [4.69, 9.17) is 0 Å². The molecular formula is C14H28N2. The molecule has 1 aliphatic carbocycles. The Labute approximate surface area is 101 Å². The third-order valence-corrected chi connectivity index (χ3v) is 4.97. The fraction of sp³-hybridized carbons (Fsp3) is 1.00. The average Bonchev–Trinajstić information content (AvgIpc) is 2.84. The van der Waals surface area contributed by atoms with Gasteiger partial charge in [-0.25, -0.2) is 0 Å². The molecule has 2 nitrogen and oxygen atoms in total. The van der Waals surface area contributed by atoms with Crippen molar-refractivity contribution in [2.45, 2.75) is 76.9 Å². The Bertz CT molecular complexity index is 217. The van der Waals surface area contributed by atoms with Gasteiger partial charge in [-0.3, -0.25) is 4.90 Å². The molecule has 16 heavy (non-hydrogen) atoms. The Morgan fingerprint density at radius 1 is 1.19 bits per heavy atom. The van der Waals surface area contributed by atoms with E-state index >= 15 is 0 Å². The van der Waals surface area contributed by atoms with Gasteiger partial charge in [0.1, 0.15) is 0 Å². The van der Waals surface area contributed by atoms with Gasteiger partial charge in [-0.2, -0.15) is 0 Å². The van der Waals surface area contributed by atoms with E-state index in [1.54, 1.807) is 0 Å². The van der Waals surface area contributed by atoms with E-state index < -0.39 is 0 Å². The van der Waals surface area contributed by atoms with Crippen LogP contribution < -0.4 is 5.32 Å². The predicted molar refractivity (Wildman–Crippen MR) is 69.7 cm³/mol. The van der Waals surface area contributed by atoms with Gasteiger partial charge in [-0.1, -0.05) is 26.7 Å². The van der Waals surface area contributed by atoms with Crippen LogP contribution >= 0.6 is 0 Å². The maximum Gasteiger partial charge on any atom is 0.0304 e. The first-order valence-corrected chi connectivity index (χ1v) is 7.21. The van der Waals surface area contributed by atoms with Crippen molar-refractivity contribution in [3.05, 3.63) is 0 Å². The van der Waals surface area contributed by atoms with Gasteiger partial charge < -0.3 is 5.32 Å². The van der Waals surface area contributed by atoms with Crippen LogP contribution in [0.15, 0.2) is 0 Å². The lowest BCUT2D eigenvalue weighted by molar-refractivity contribution is 0.0462. The Hall–Kier alpha value is -0.0800. The van der Waals surface area contributed by atoms with Crippen molar-refractivity contribution in [2.75, 3.05) is 13.1 Å². The molecule has 2 heteroatoms. The summed E-state index contributed by atoms with van der Waals surface area (Å²) in [6.45, 7) is 9.50. The molecule has 2 aliphatic rings. The summed E-state index contributed by atoms with van der Waals surface area (Å²) in [5.41, 5.74) is 0.398. The maximum atomic E-state index is 3.79. The Morgan fingerprint density at radius 3 is 2.38 bits per heavy atom. The lowest BCUT2D eigenvalue weighted by Gasteiger charge is -2.49. The van der Waals surface area contributed by atoms with Crippen molar-refractivity contribution in [2.24, 2.45) is 0 Å². The van der Waals surface area contributed by atoms with Crippen LogP contribution in [-0.2, 0) is 0 Å². The topological polar surface area (TPSA) is 15.3 Å². The Kier molecular flexibility index (Phi) is 3.91. The molecule has 1 heterocycles. The van der Waals surface area contributed by atoms with Crippen LogP contribution in [0.1, 0.15) is 59.3 Å². The third-order valence-electron chi connectivity index (χ3n) is 4.97. The number of hydrogen-bond acceptors (Lipinski definition) is 2. The molecule has 2 fully saturated rings. The SMILES string of the molecule is CCC1(CC)CN(C2CCCC2)C(C)CN1. The molecule has 0 aromatic carbocycles. The first-order valence-electron chi connectivity index (χ1n) is 7.21. The molecule has 1 saturated heterocycles. The molecule has 1 unspecified atom stereocenters. The zero-order valence-electron chi connectivity index (χ0n) is 11.3. The van der Waals surface area contributed by atoms with E-state index in [1.165, 1.54) is 51.6 Å². The van der Waals surface area contributed by atoms with Crippen LogP contribution in [0.5, 0.6) is 0 Å². The van der Waals surface area contributed by atoms with Gasteiger partial charge in [-0.15, -0.1) is 0 Å². The number of nitrogens with one attached hydrogen (secondary N) is 1. The zero-order valence-corrected chi connectivity index (χ0v) is 11.3. The average molecular weight is 224 g/mol. The Morgan fingerprint density at radius 2 is 1.81 bits per heavy atom. The lowest BCUT2D eigenvalue weighted by atomic mass is 9.88. The maximum absolute atomic E-state index is 3.79. The molecule has 0 radical (unpaired) electrons. The molecule has 1 N–H and O–H groups in total. The largest absolute Gasteiger partial charge is 0.308 e. The number of nitrogens with zero attached hydrogens (tertiary/aromatic N) is 1. The minimum Gasteiger partial charge on any atom is -0.308 e. The fourth-order valence-corrected chi connectivity index (χ4v) is 3.49. The molecule has 1 atom stereocenters. The summed E-state index contributed by atoms with van der Waals surface area (Å²) in [7, 11) is 0. The molecule has 0 aromatic heterocycles. The van der Waals surface area contributed by atoms with E-state index in [1.807, 2.05) is 0 Å². The molecule has 1 saturated carbocycles. The summed E-state index contributed by atoms with van der Waals surface area (Å²) >= 11 is 0. The second kappa shape index (κ2) is 5.05. The lowest BCUT2D eigenvalue weighted by Crippen LogP contribution is -2.64. The monoisotopic (exact) mass is 224 g/mol. The summed E-state index contributed by atoms with van der Waals surface area (Å²) in [5, 5.41) is 3.79. The van der Waals surface area contributed by atoms with E-state index in [0.717, 1.165) is 12.1 Å². The Balaban J connectivity index is 2.04. The zero-order chi connectivity index (χ0) is 11.6. The highest BCUT2D eigenvalue weighted by Crippen LogP contribution is 2.30. The van der Waals surface area contributed by atoms with E-state index in [2.05, 4.69) is 31.0 Å². The van der Waals surface area contributed by atoms with Crippen molar-refractivity contribution >= 4 is 0 Å². The van der Waals surface area contributed by atoms with Gasteiger partial charge in [0.25, 0.3) is 0 Å². The summed E-state index contributed by atoms with van der Waals surface area (Å²) in [4.78, 5) is 2.80. The molecule has 0 bridgehead atoms. The predicted octanol–water partition coefficient (Wildman–Crippen LogP) is 2.78. The highest BCUT2D eigenvalue weighted by molar-refractivity contribution is 4.98. The molecule has 94 valence electrons. The third kappa shape index (κ3) is 2.28. The molecule has 0 aromatic rings. The van der Waals surface area contributed by atoms with Crippen LogP contribution in [0.3, 0.4) is 0 Å². The van der Waals surface area contributed by atoms with Crippen LogP contribution in [0, 0.1) is 0 Å². The second-order valence-corrected chi connectivity index (χ2v) is 5.83. The smallest absolute Gasteiger partial charge is 0.0304 e. The number of hydrogen-bond donors (Lipinski definition) is 1. The number of rotatable bonds is 3. The quantitative estimate of drug-likeness (QED) is 0.793. The van der Waals surface area contributed by atoms with E-state index in [-0.39, 0.29) is 0 Å². The normalized spacial score (nSPS) is 32.1. The first kappa shape index (κ1) is 12.4. The highest BCUT2D eigenvalue weighted by Gasteiger charge is 2.38. The second-order valence-electron chi connectivity index (χ2n) is 5.83. The molecule has 1 aliphatic heterocycles. The van der Waals surface area contributed by atoms with Crippen molar-refractivity contribution in [3.63, 3.8) is 0 Å². The van der Waals surface area contributed by atoms with Crippen LogP contribution in [0.25, 0.3) is 0 Å². The van der Waals surface area contributed by atoms with Gasteiger partial charge in [0, 0.05) is 30.7 Å². The van der Waals surface area contributed by atoms with Gasteiger partial charge in [0.15, 0.2) is 0 Å². The number of piperazine rings is 1. The van der Waals surface area contributed by atoms with Crippen molar-refractivity contribution < 1.29 is 0 Å². The van der Waals surface area contributed by atoms with Crippen molar-refractivity contribution in [1.29, 1.82) is 0 Å². The van der Waals surface area contributed by atoms with Gasteiger partial charge in [0.2, 0.25) is 0 Å². The van der Waals surface area contributed by atoms with Gasteiger partial charge >= 0.3 is 0 Å².